The molecule has 5 nitrogen and oxygen atoms in total. The molecule has 1 aliphatic carbocycles. The van der Waals surface area contributed by atoms with E-state index in [9.17, 15) is 4.79 Å². The number of carbonyl (C=O) groups is 1. The third-order valence-electron chi connectivity index (χ3n) is 4.88. The summed E-state index contributed by atoms with van der Waals surface area (Å²) in [4.78, 5) is 14.5. The lowest BCUT2D eigenvalue weighted by atomic mass is 9.84. The number of H-pyrrole nitrogens is 1. The predicted octanol–water partition coefficient (Wildman–Crippen LogP) is 3.16. The zero-order valence-corrected chi connectivity index (χ0v) is 13.6. The second-order valence-corrected chi connectivity index (χ2v) is 6.55. The molecule has 0 atom stereocenters. The zero-order valence-electron chi connectivity index (χ0n) is 13.6. The average Bonchev–Trinajstić information content (AvgIpc) is 2.87. The van der Waals surface area contributed by atoms with Gasteiger partial charge in [-0.3, -0.25) is 9.89 Å². The van der Waals surface area contributed by atoms with Crippen LogP contribution in [0, 0.1) is 5.92 Å². The maximum absolute atomic E-state index is 12.6. The van der Waals surface area contributed by atoms with Gasteiger partial charge in [-0.2, -0.15) is 5.10 Å². The third-order valence-corrected chi connectivity index (χ3v) is 4.88. The standard InChI is InChI=1S/C16H28N4O/c1-5-11-6-8-12(9-7-11)20(4)16(21)15-13(17)14(10(2)3)18-19-15/h10-12H,5-9,17H2,1-4H3,(H,18,19). The summed E-state index contributed by atoms with van der Waals surface area (Å²) in [5, 5.41) is 7.05. The number of anilines is 1. The van der Waals surface area contributed by atoms with Crippen molar-refractivity contribution in [1.29, 1.82) is 0 Å². The molecular weight excluding hydrogens is 264 g/mol. The highest BCUT2D eigenvalue weighted by Crippen LogP contribution is 2.30. The first-order valence-electron chi connectivity index (χ1n) is 8.06. The maximum Gasteiger partial charge on any atom is 0.276 e. The Morgan fingerprint density at radius 2 is 2.00 bits per heavy atom. The highest BCUT2D eigenvalue weighted by Gasteiger charge is 2.29. The van der Waals surface area contributed by atoms with Gasteiger partial charge in [0.15, 0.2) is 5.69 Å². The molecule has 0 unspecified atom stereocenters. The van der Waals surface area contributed by atoms with Crippen molar-refractivity contribution < 1.29 is 4.79 Å². The normalized spacial score (nSPS) is 22.5. The molecule has 1 aromatic heterocycles. The summed E-state index contributed by atoms with van der Waals surface area (Å²) in [6.07, 6.45) is 5.84. The van der Waals surface area contributed by atoms with Crippen LogP contribution >= 0.6 is 0 Å². The van der Waals surface area contributed by atoms with E-state index in [4.69, 9.17) is 5.73 Å². The number of aromatic nitrogens is 2. The van der Waals surface area contributed by atoms with Crippen LogP contribution in [0.4, 0.5) is 5.69 Å². The molecule has 1 heterocycles. The first kappa shape index (κ1) is 15.9. The van der Waals surface area contributed by atoms with Gasteiger partial charge < -0.3 is 10.6 Å². The minimum Gasteiger partial charge on any atom is -0.395 e. The summed E-state index contributed by atoms with van der Waals surface area (Å²) in [7, 11) is 1.88. The van der Waals surface area contributed by atoms with Crippen LogP contribution < -0.4 is 5.73 Å². The van der Waals surface area contributed by atoms with E-state index in [2.05, 4.69) is 17.1 Å². The molecule has 0 spiro atoms. The lowest BCUT2D eigenvalue weighted by Gasteiger charge is -2.34. The molecule has 0 aromatic carbocycles. The van der Waals surface area contributed by atoms with E-state index in [1.165, 1.54) is 19.3 Å². The van der Waals surface area contributed by atoms with E-state index in [-0.39, 0.29) is 11.8 Å². The number of hydrogen-bond acceptors (Lipinski definition) is 3. The van der Waals surface area contributed by atoms with Crippen molar-refractivity contribution in [3.63, 3.8) is 0 Å². The second-order valence-electron chi connectivity index (χ2n) is 6.55. The van der Waals surface area contributed by atoms with Gasteiger partial charge in [-0.05, 0) is 37.5 Å². The van der Waals surface area contributed by atoms with Gasteiger partial charge in [0, 0.05) is 13.1 Å². The summed E-state index contributed by atoms with van der Waals surface area (Å²) in [5.41, 5.74) is 7.80. The predicted molar refractivity (Wildman–Crippen MR) is 85.2 cm³/mol. The molecule has 118 valence electrons. The molecule has 21 heavy (non-hydrogen) atoms. The maximum atomic E-state index is 12.6. The van der Waals surface area contributed by atoms with E-state index in [1.807, 2.05) is 25.8 Å². The van der Waals surface area contributed by atoms with Gasteiger partial charge in [-0.25, -0.2) is 0 Å². The zero-order chi connectivity index (χ0) is 15.6. The second kappa shape index (κ2) is 6.50. The van der Waals surface area contributed by atoms with Crippen LogP contribution in [0.15, 0.2) is 0 Å². The van der Waals surface area contributed by atoms with Crippen LogP contribution in [0.3, 0.4) is 0 Å². The highest BCUT2D eigenvalue weighted by molar-refractivity contribution is 5.97. The van der Waals surface area contributed by atoms with E-state index in [1.54, 1.807) is 0 Å². The molecule has 0 bridgehead atoms. The molecule has 0 saturated heterocycles. The fourth-order valence-electron chi connectivity index (χ4n) is 3.24. The van der Waals surface area contributed by atoms with Crippen molar-refractivity contribution in [2.75, 3.05) is 12.8 Å². The third kappa shape index (κ3) is 3.22. The Hall–Kier alpha value is -1.52. The summed E-state index contributed by atoms with van der Waals surface area (Å²) >= 11 is 0. The van der Waals surface area contributed by atoms with Crippen LogP contribution in [0.1, 0.15) is 75.0 Å². The Balaban J connectivity index is 2.06. The quantitative estimate of drug-likeness (QED) is 0.895. The number of nitrogen functional groups attached to an aromatic ring is 1. The summed E-state index contributed by atoms with van der Waals surface area (Å²) in [5.74, 6) is 1.01. The number of rotatable bonds is 4. The Morgan fingerprint density at radius 1 is 1.38 bits per heavy atom. The number of nitrogens with zero attached hydrogens (tertiary/aromatic N) is 2. The van der Waals surface area contributed by atoms with Crippen molar-refractivity contribution in [3.8, 4) is 0 Å². The van der Waals surface area contributed by atoms with Crippen LogP contribution in [0.5, 0.6) is 0 Å². The number of nitrogens with one attached hydrogen (secondary N) is 1. The smallest absolute Gasteiger partial charge is 0.276 e. The Labute approximate surface area is 127 Å². The Kier molecular flexibility index (Phi) is 4.91. The summed E-state index contributed by atoms with van der Waals surface area (Å²) in [6.45, 7) is 6.32. The number of nitrogens with two attached hydrogens (primary N) is 1. The Bertz CT molecular complexity index is 486. The molecule has 5 heteroatoms. The van der Waals surface area contributed by atoms with Crippen LogP contribution in [0.25, 0.3) is 0 Å². The minimum atomic E-state index is -0.0596. The van der Waals surface area contributed by atoms with E-state index >= 15 is 0 Å². The van der Waals surface area contributed by atoms with Crippen LogP contribution in [0.2, 0.25) is 0 Å². The van der Waals surface area contributed by atoms with Crippen LogP contribution in [-0.4, -0.2) is 34.1 Å². The minimum absolute atomic E-state index is 0.0596. The van der Waals surface area contributed by atoms with Gasteiger partial charge in [0.05, 0.1) is 11.4 Å². The average molecular weight is 292 g/mol. The largest absolute Gasteiger partial charge is 0.395 e. The van der Waals surface area contributed by atoms with Crippen molar-refractivity contribution in [3.05, 3.63) is 11.4 Å². The fourth-order valence-corrected chi connectivity index (χ4v) is 3.24. The van der Waals surface area contributed by atoms with Crippen LogP contribution in [-0.2, 0) is 0 Å². The molecule has 1 saturated carbocycles. The van der Waals surface area contributed by atoms with Gasteiger partial charge >= 0.3 is 0 Å². The summed E-state index contributed by atoms with van der Waals surface area (Å²) in [6, 6.07) is 0.318. The number of amides is 1. The molecule has 2 rings (SSSR count). The Morgan fingerprint density at radius 3 is 2.48 bits per heavy atom. The molecule has 0 radical (unpaired) electrons. The fraction of sp³-hybridized carbons (Fsp3) is 0.750. The van der Waals surface area contributed by atoms with Crippen molar-refractivity contribution in [2.24, 2.45) is 5.92 Å². The lowest BCUT2D eigenvalue weighted by Crippen LogP contribution is -2.39. The molecule has 3 N–H and O–H groups in total. The molecule has 1 aliphatic rings. The number of hydrogen-bond donors (Lipinski definition) is 2. The first-order chi connectivity index (χ1) is 9.95. The molecular formula is C16H28N4O. The van der Waals surface area contributed by atoms with Gasteiger partial charge in [0.1, 0.15) is 0 Å². The van der Waals surface area contributed by atoms with Crippen molar-refractivity contribution in [1.82, 2.24) is 15.1 Å². The van der Waals surface area contributed by atoms with E-state index in [0.717, 1.165) is 24.5 Å². The van der Waals surface area contributed by atoms with Gasteiger partial charge in [-0.15, -0.1) is 0 Å². The molecule has 0 aliphatic heterocycles. The topological polar surface area (TPSA) is 75.0 Å². The van der Waals surface area contributed by atoms with Gasteiger partial charge in [-0.1, -0.05) is 27.2 Å². The van der Waals surface area contributed by atoms with Crippen molar-refractivity contribution >= 4 is 11.6 Å². The van der Waals surface area contributed by atoms with E-state index < -0.39 is 0 Å². The monoisotopic (exact) mass is 292 g/mol. The highest BCUT2D eigenvalue weighted by atomic mass is 16.2. The molecule has 1 amide bonds. The lowest BCUT2D eigenvalue weighted by molar-refractivity contribution is 0.0670. The number of carbonyl (C=O) groups excluding carboxylic acids is 1. The first-order valence-corrected chi connectivity index (χ1v) is 8.06. The molecule has 1 fully saturated rings. The molecule has 1 aromatic rings. The van der Waals surface area contributed by atoms with Gasteiger partial charge in [0.2, 0.25) is 0 Å². The van der Waals surface area contributed by atoms with Gasteiger partial charge in [0.25, 0.3) is 5.91 Å². The van der Waals surface area contributed by atoms with Crippen molar-refractivity contribution in [2.45, 2.75) is 64.8 Å². The summed E-state index contributed by atoms with van der Waals surface area (Å²) < 4.78 is 0. The van der Waals surface area contributed by atoms with E-state index in [0.29, 0.717) is 17.4 Å². The SMILES string of the molecule is CCC1CCC(N(C)C(=O)c2n[nH]c(C(C)C)c2N)CC1. The number of aromatic amines is 1.